The van der Waals surface area contributed by atoms with Crippen LogP contribution in [0.3, 0.4) is 0 Å². The van der Waals surface area contributed by atoms with Gasteiger partial charge >= 0.3 is 0 Å². The van der Waals surface area contributed by atoms with Gasteiger partial charge in [0.1, 0.15) is 5.75 Å². The molecule has 0 aliphatic carbocycles. The average Bonchev–Trinajstić information content (AvgIpc) is 3.37. The summed E-state index contributed by atoms with van der Waals surface area (Å²) in [6, 6.07) is 14.3. The second kappa shape index (κ2) is 5.73. The monoisotopic (exact) mass is 345 g/mol. The van der Waals surface area contributed by atoms with Crippen molar-refractivity contribution in [2.75, 3.05) is 18.6 Å². The molecule has 0 atom stereocenters. The van der Waals surface area contributed by atoms with Crippen molar-refractivity contribution >= 4 is 28.2 Å². The van der Waals surface area contributed by atoms with Gasteiger partial charge in [-0.1, -0.05) is 6.07 Å². The molecule has 0 saturated carbocycles. The molecule has 2 aliphatic rings. The van der Waals surface area contributed by atoms with Gasteiger partial charge in [-0.15, -0.1) is 0 Å². The maximum Gasteiger partial charge on any atom is 0.227 e. The number of amides is 1. The number of aromatic nitrogens is 1. The molecule has 5 nitrogen and oxygen atoms in total. The number of hydrogen-bond donors (Lipinski definition) is 1. The van der Waals surface area contributed by atoms with Crippen LogP contribution in [0.15, 0.2) is 47.5 Å². The van der Waals surface area contributed by atoms with Crippen molar-refractivity contribution in [3.05, 3.63) is 59.3 Å². The number of fused-ring (bicyclic) bond motifs is 2. The molecule has 3 heterocycles. The van der Waals surface area contributed by atoms with Gasteiger partial charge < -0.3 is 14.6 Å². The van der Waals surface area contributed by atoms with Gasteiger partial charge in [0.2, 0.25) is 5.91 Å². The highest BCUT2D eigenvalue weighted by Gasteiger charge is 2.25. The number of methoxy groups -OCH3 is 1. The minimum absolute atomic E-state index is 0.208. The number of anilines is 1. The molecule has 1 N–H and O–H groups in total. The lowest BCUT2D eigenvalue weighted by atomic mass is 10.0. The van der Waals surface area contributed by atoms with Crippen molar-refractivity contribution in [1.82, 2.24) is 4.98 Å². The second-order valence-electron chi connectivity index (χ2n) is 6.79. The molecular weight excluding hydrogens is 326 g/mol. The van der Waals surface area contributed by atoms with Crippen LogP contribution in [0.2, 0.25) is 0 Å². The molecule has 0 radical (unpaired) electrons. The predicted octanol–water partition coefficient (Wildman–Crippen LogP) is 3.65. The Morgan fingerprint density at radius 1 is 1.15 bits per heavy atom. The number of ether oxygens (including phenoxy) is 1. The molecule has 2 aromatic carbocycles. The van der Waals surface area contributed by atoms with Crippen molar-refractivity contribution in [2.45, 2.75) is 19.4 Å². The van der Waals surface area contributed by atoms with Crippen LogP contribution in [0.25, 0.3) is 10.9 Å². The topological polar surface area (TPSA) is 57.7 Å². The van der Waals surface area contributed by atoms with Crippen LogP contribution in [0.5, 0.6) is 5.75 Å². The third-order valence-corrected chi connectivity index (χ3v) is 5.22. The highest BCUT2D eigenvalue weighted by atomic mass is 16.5. The summed E-state index contributed by atoms with van der Waals surface area (Å²) in [5.74, 6) is 1.05. The van der Waals surface area contributed by atoms with E-state index >= 15 is 0 Å². The highest BCUT2D eigenvalue weighted by Crippen LogP contribution is 2.31. The minimum atomic E-state index is 0.208. The van der Waals surface area contributed by atoms with Crippen LogP contribution in [0.1, 0.15) is 29.7 Å². The summed E-state index contributed by atoms with van der Waals surface area (Å²) in [6.07, 6.45) is 1.57. The fourth-order valence-electron chi connectivity index (χ4n) is 3.86. The third kappa shape index (κ3) is 2.31. The largest absolute Gasteiger partial charge is 0.497 e. The Bertz CT molecular complexity index is 1060. The first-order valence-corrected chi connectivity index (χ1v) is 8.88. The van der Waals surface area contributed by atoms with E-state index in [4.69, 9.17) is 9.73 Å². The van der Waals surface area contributed by atoms with Gasteiger partial charge in [0.15, 0.2) is 0 Å². The lowest BCUT2D eigenvalue weighted by Crippen LogP contribution is -2.23. The van der Waals surface area contributed by atoms with Crippen LogP contribution in [0, 0.1) is 0 Å². The van der Waals surface area contributed by atoms with Crippen LogP contribution in [-0.4, -0.2) is 30.3 Å². The molecular formula is C21H19N3O2. The van der Waals surface area contributed by atoms with E-state index in [0.29, 0.717) is 13.0 Å². The molecule has 0 unspecified atom stereocenters. The Kier molecular flexibility index (Phi) is 3.35. The molecule has 0 spiro atoms. The van der Waals surface area contributed by atoms with E-state index in [2.05, 4.69) is 23.2 Å². The lowest BCUT2D eigenvalue weighted by molar-refractivity contribution is -0.117. The molecule has 1 aromatic heterocycles. The number of benzene rings is 2. The van der Waals surface area contributed by atoms with Gasteiger partial charge in [0.05, 0.1) is 25.1 Å². The Morgan fingerprint density at radius 2 is 2.08 bits per heavy atom. The maximum atomic E-state index is 12.1. The van der Waals surface area contributed by atoms with Gasteiger partial charge in [-0.3, -0.25) is 9.79 Å². The van der Waals surface area contributed by atoms with Crippen molar-refractivity contribution < 1.29 is 9.53 Å². The number of hydrogen-bond acceptors (Lipinski definition) is 3. The molecule has 3 aromatic rings. The van der Waals surface area contributed by atoms with Crippen LogP contribution in [-0.2, 0) is 11.3 Å². The van der Waals surface area contributed by atoms with E-state index in [1.807, 2.05) is 29.2 Å². The summed E-state index contributed by atoms with van der Waals surface area (Å²) in [5.41, 5.74) is 6.30. The van der Waals surface area contributed by atoms with E-state index in [0.717, 1.165) is 52.3 Å². The molecule has 2 aliphatic heterocycles. The summed E-state index contributed by atoms with van der Waals surface area (Å²) < 4.78 is 5.31. The Balaban J connectivity index is 1.56. The highest BCUT2D eigenvalue weighted by molar-refractivity contribution is 6.16. The van der Waals surface area contributed by atoms with E-state index in [-0.39, 0.29) is 5.91 Å². The van der Waals surface area contributed by atoms with E-state index in [1.165, 1.54) is 5.56 Å². The Hall–Kier alpha value is -3.08. The first-order valence-electron chi connectivity index (χ1n) is 8.88. The van der Waals surface area contributed by atoms with E-state index in [1.54, 1.807) is 7.11 Å². The van der Waals surface area contributed by atoms with Gasteiger partial charge in [-0.2, -0.15) is 0 Å². The second-order valence-corrected chi connectivity index (χ2v) is 6.79. The van der Waals surface area contributed by atoms with Crippen molar-refractivity contribution in [2.24, 2.45) is 4.99 Å². The normalized spacial score (nSPS) is 16.3. The molecule has 1 fully saturated rings. The molecule has 26 heavy (non-hydrogen) atoms. The predicted molar refractivity (Wildman–Crippen MR) is 102 cm³/mol. The number of aromatic amines is 1. The Morgan fingerprint density at radius 3 is 2.88 bits per heavy atom. The maximum absolute atomic E-state index is 12.1. The lowest BCUT2D eigenvalue weighted by Gasteiger charge is -2.17. The number of H-pyrrole nitrogens is 1. The summed E-state index contributed by atoms with van der Waals surface area (Å²) in [7, 11) is 1.67. The zero-order valence-corrected chi connectivity index (χ0v) is 14.6. The van der Waals surface area contributed by atoms with Gasteiger partial charge in [-0.25, -0.2) is 0 Å². The average molecular weight is 345 g/mol. The van der Waals surface area contributed by atoms with Gasteiger partial charge in [0.25, 0.3) is 0 Å². The molecule has 130 valence electrons. The minimum Gasteiger partial charge on any atom is -0.497 e. The smallest absolute Gasteiger partial charge is 0.227 e. The third-order valence-electron chi connectivity index (χ3n) is 5.22. The zero-order chi connectivity index (χ0) is 17.7. The number of nitrogens with zero attached hydrogens (tertiary/aromatic N) is 2. The number of carbonyl (C=O) groups is 1. The summed E-state index contributed by atoms with van der Waals surface area (Å²) in [4.78, 5) is 22.2. The van der Waals surface area contributed by atoms with Crippen molar-refractivity contribution in [3.8, 4) is 5.75 Å². The van der Waals surface area contributed by atoms with Crippen LogP contribution < -0.4 is 9.64 Å². The number of aliphatic imine (C=N–C) groups is 1. The molecule has 5 rings (SSSR count). The number of rotatable bonds is 3. The quantitative estimate of drug-likeness (QED) is 0.788. The summed E-state index contributed by atoms with van der Waals surface area (Å²) >= 11 is 0. The van der Waals surface area contributed by atoms with Gasteiger partial charge in [-0.05, 0) is 48.4 Å². The van der Waals surface area contributed by atoms with E-state index < -0.39 is 0 Å². The van der Waals surface area contributed by atoms with Crippen molar-refractivity contribution in [3.63, 3.8) is 0 Å². The molecule has 5 heteroatoms. The fraction of sp³-hybridized carbons (Fsp3) is 0.238. The number of carbonyl (C=O) groups excluding carboxylic acids is 1. The molecule has 1 amide bonds. The van der Waals surface area contributed by atoms with Crippen LogP contribution in [0.4, 0.5) is 5.69 Å². The summed E-state index contributed by atoms with van der Waals surface area (Å²) in [6.45, 7) is 1.48. The molecule has 0 bridgehead atoms. The van der Waals surface area contributed by atoms with Crippen molar-refractivity contribution in [1.29, 1.82) is 0 Å². The standard InChI is InChI=1S/C21H19N3O2/c1-26-16-6-7-18-14(9-16)10-19(23-18)21-17-11-15(5-4-13(17)12-22-21)24-8-2-3-20(24)25/h4-7,9-11,23H,2-3,8,12H2,1H3. The summed E-state index contributed by atoms with van der Waals surface area (Å²) in [5, 5.41) is 1.10. The van der Waals surface area contributed by atoms with E-state index in [9.17, 15) is 4.79 Å². The SMILES string of the molecule is COc1ccc2[nH]c(C3=NCc4ccc(N5CCCC5=O)cc43)cc2c1. The molecule has 1 saturated heterocycles. The Labute approximate surface area is 151 Å². The first kappa shape index (κ1) is 15.2. The van der Waals surface area contributed by atoms with Crippen LogP contribution >= 0.6 is 0 Å². The zero-order valence-electron chi connectivity index (χ0n) is 14.6. The number of nitrogens with one attached hydrogen (secondary N) is 1. The van der Waals surface area contributed by atoms with Gasteiger partial charge in [0, 0.05) is 35.1 Å². The first-order chi connectivity index (χ1) is 12.7. The fourth-order valence-corrected chi connectivity index (χ4v) is 3.86.